The van der Waals surface area contributed by atoms with E-state index in [-0.39, 0.29) is 23.7 Å². The number of unbranched alkanes of at least 4 members (excludes halogenated alkanes) is 1. The van der Waals surface area contributed by atoms with E-state index in [0.717, 1.165) is 28.7 Å². The molecule has 3 aromatic carbocycles. The van der Waals surface area contributed by atoms with Crippen molar-refractivity contribution in [2.45, 2.75) is 44.1 Å². The van der Waals surface area contributed by atoms with Crippen LogP contribution in [0.1, 0.15) is 60.3 Å². The summed E-state index contributed by atoms with van der Waals surface area (Å²) < 4.78 is 5.39. The molecule has 1 N–H and O–H groups in total. The molecule has 1 aliphatic heterocycles. The summed E-state index contributed by atoms with van der Waals surface area (Å²) in [6.07, 6.45) is 1.71. The Kier molecular flexibility index (Phi) is 6.51. The monoisotopic (exact) mass is 522 g/mol. The number of esters is 1. The smallest absolute Gasteiger partial charge is 0.329 e. The van der Waals surface area contributed by atoms with Crippen molar-refractivity contribution in [3.8, 4) is 0 Å². The lowest BCUT2D eigenvalue weighted by Gasteiger charge is -2.45. The fourth-order valence-electron chi connectivity index (χ4n) is 6.71. The molecule has 1 fully saturated rings. The molecule has 7 rings (SSSR count). The summed E-state index contributed by atoms with van der Waals surface area (Å²) in [4.78, 5) is 55.1. The number of anilines is 1. The lowest BCUT2D eigenvalue weighted by atomic mass is 9.55. The van der Waals surface area contributed by atoms with Crippen LogP contribution in [0.2, 0.25) is 0 Å². The van der Waals surface area contributed by atoms with Gasteiger partial charge in [0.2, 0.25) is 11.8 Å². The Bertz CT molecular complexity index is 1340. The van der Waals surface area contributed by atoms with Crippen LogP contribution in [0.3, 0.4) is 0 Å². The standard InChI is InChI=1S/C32H30N2O5/c1-2-3-17-24(32(38)39-18-25(35)33-19-11-5-4-6-12-19)34-30(36)28-26-20-13-7-8-14-21(20)27(29(28)31(34)37)23-16-10-9-15-22(23)26/h4-16,24,26-29H,2-3,17-18H2,1H3,(H,33,35)/t24-,26?,27?,28-,29+/m0/s1. The number of benzene rings is 3. The topological polar surface area (TPSA) is 92.8 Å². The summed E-state index contributed by atoms with van der Waals surface area (Å²) in [5, 5.41) is 2.68. The molecule has 3 aromatic rings. The number of para-hydroxylation sites is 1. The zero-order chi connectivity index (χ0) is 27.1. The summed E-state index contributed by atoms with van der Waals surface area (Å²) in [6, 6.07) is 23.9. The number of carbonyl (C=O) groups excluding carboxylic acids is 4. The quantitative estimate of drug-likeness (QED) is 0.344. The van der Waals surface area contributed by atoms with Crippen molar-refractivity contribution in [2.24, 2.45) is 11.8 Å². The second kappa shape index (κ2) is 10.1. The summed E-state index contributed by atoms with van der Waals surface area (Å²) in [5.41, 5.74) is 4.91. The Labute approximate surface area is 227 Å². The van der Waals surface area contributed by atoms with E-state index in [9.17, 15) is 19.2 Å². The molecule has 1 saturated heterocycles. The van der Waals surface area contributed by atoms with Crippen molar-refractivity contribution in [2.75, 3.05) is 11.9 Å². The normalized spacial score (nSPS) is 23.1. The van der Waals surface area contributed by atoms with Gasteiger partial charge in [0, 0.05) is 17.5 Å². The average Bonchev–Trinajstić information content (AvgIpc) is 3.23. The second-order valence-electron chi connectivity index (χ2n) is 10.5. The maximum atomic E-state index is 14.1. The molecular formula is C32H30N2O5. The van der Waals surface area contributed by atoms with Crippen LogP contribution in [-0.4, -0.2) is 41.2 Å². The van der Waals surface area contributed by atoms with Gasteiger partial charge in [-0.25, -0.2) is 4.79 Å². The van der Waals surface area contributed by atoms with Gasteiger partial charge in [0.15, 0.2) is 6.61 Å². The zero-order valence-corrected chi connectivity index (χ0v) is 21.7. The van der Waals surface area contributed by atoms with E-state index in [2.05, 4.69) is 5.32 Å². The van der Waals surface area contributed by atoms with Crippen molar-refractivity contribution in [1.82, 2.24) is 4.90 Å². The van der Waals surface area contributed by atoms with Crippen molar-refractivity contribution in [3.05, 3.63) is 101 Å². The van der Waals surface area contributed by atoms with Gasteiger partial charge in [-0.05, 0) is 40.8 Å². The van der Waals surface area contributed by atoms with Gasteiger partial charge in [-0.15, -0.1) is 0 Å². The van der Waals surface area contributed by atoms with Crippen LogP contribution in [0.25, 0.3) is 0 Å². The minimum Gasteiger partial charge on any atom is -0.454 e. The number of rotatable bonds is 8. The minimum absolute atomic E-state index is 0.242. The molecule has 1 heterocycles. The Morgan fingerprint density at radius 2 is 1.28 bits per heavy atom. The predicted molar refractivity (Wildman–Crippen MR) is 145 cm³/mol. The highest BCUT2D eigenvalue weighted by Gasteiger charge is 2.63. The fourth-order valence-corrected chi connectivity index (χ4v) is 6.71. The predicted octanol–water partition coefficient (Wildman–Crippen LogP) is 4.62. The number of likely N-dealkylation sites (tertiary alicyclic amines) is 1. The van der Waals surface area contributed by atoms with E-state index >= 15 is 0 Å². The number of amides is 3. The molecular weight excluding hydrogens is 492 g/mol. The Balaban J connectivity index is 1.28. The first-order valence-electron chi connectivity index (χ1n) is 13.6. The average molecular weight is 523 g/mol. The van der Waals surface area contributed by atoms with E-state index < -0.39 is 36.4 Å². The van der Waals surface area contributed by atoms with E-state index in [1.807, 2.05) is 61.5 Å². The van der Waals surface area contributed by atoms with Crippen molar-refractivity contribution in [1.29, 1.82) is 0 Å². The molecule has 3 atom stereocenters. The van der Waals surface area contributed by atoms with Crippen molar-refractivity contribution < 1.29 is 23.9 Å². The van der Waals surface area contributed by atoms with Crippen LogP contribution >= 0.6 is 0 Å². The number of nitrogens with zero attached hydrogens (tertiary/aromatic N) is 1. The summed E-state index contributed by atoms with van der Waals surface area (Å²) in [7, 11) is 0. The first-order chi connectivity index (χ1) is 19.0. The maximum absolute atomic E-state index is 14.1. The van der Waals surface area contributed by atoms with Gasteiger partial charge >= 0.3 is 5.97 Å². The molecule has 0 saturated carbocycles. The maximum Gasteiger partial charge on any atom is 0.329 e. The largest absolute Gasteiger partial charge is 0.454 e. The van der Waals surface area contributed by atoms with Gasteiger partial charge in [0.05, 0.1) is 11.8 Å². The van der Waals surface area contributed by atoms with E-state index in [1.54, 1.807) is 24.3 Å². The Hall–Kier alpha value is -4.26. The molecule has 0 aromatic heterocycles. The van der Waals surface area contributed by atoms with Crippen molar-refractivity contribution in [3.63, 3.8) is 0 Å². The van der Waals surface area contributed by atoms with E-state index in [1.165, 1.54) is 4.90 Å². The summed E-state index contributed by atoms with van der Waals surface area (Å²) in [6.45, 7) is 1.48. The number of hydrogen-bond donors (Lipinski definition) is 1. The molecule has 0 spiro atoms. The third-order valence-corrected chi connectivity index (χ3v) is 8.30. The SMILES string of the molecule is CCCC[C@@H](C(=O)OCC(=O)Nc1ccccc1)N1C(=O)[C@@H]2C3c4ccccc4C(c4ccccc43)[C@@H]2C1=O. The van der Waals surface area contributed by atoms with Crippen molar-refractivity contribution >= 4 is 29.4 Å². The number of imide groups is 1. The molecule has 0 unspecified atom stereocenters. The third-order valence-electron chi connectivity index (χ3n) is 8.30. The van der Waals surface area contributed by atoms with Crippen LogP contribution in [0.15, 0.2) is 78.9 Å². The summed E-state index contributed by atoms with van der Waals surface area (Å²) >= 11 is 0. The van der Waals surface area contributed by atoms with Crippen LogP contribution in [0.5, 0.6) is 0 Å². The Morgan fingerprint density at radius 1 is 0.795 bits per heavy atom. The molecule has 2 bridgehead atoms. The molecule has 39 heavy (non-hydrogen) atoms. The van der Waals surface area contributed by atoms with E-state index in [0.29, 0.717) is 18.5 Å². The van der Waals surface area contributed by atoms with Gasteiger partial charge < -0.3 is 10.1 Å². The fraction of sp³-hybridized carbons (Fsp3) is 0.312. The van der Waals surface area contributed by atoms with Gasteiger partial charge in [-0.2, -0.15) is 0 Å². The highest BCUT2D eigenvalue weighted by Crippen LogP contribution is 2.61. The highest BCUT2D eigenvalue weighted by molar-refractivity contribution is 6.10. The molecule has 3 aliphatic carbocycles. The zero-order valence-electron chi connectivity index (χ0n) is 21.7. The number of hydrogen-bond acceptors (Lipinski definition) is 5. The number of carbonyl (C=O) groups is 4. The van der Waals surface area contributed by atoms with Crippen LogP contribution in [-0.2, 0) is 23.9 Å². The molecule has 7 nitrogen and oxygen atoms in total. The molecule has 4 aliphatic rings. The lowest BCUT2D eigenvalue weighted by Crippen LogP contribution is -2.47. The second-order valence-corrected chi connectivity index (χ2v) is 10.5. The van der Waals surface area contributed by atoms with Crippen LogP contribution in [0, 0.1) is 11.8 Å². The first kappa shape index (κ1) is 25.0. The molecule has 0 radical (unpaired) electrons. The van der Waals surface area contributed by atoms with Crippen LogP contribution < -0.4 is 5.32 Å². The third kappa shape index (κ3) is 4.13. The van der Waals surface area contributed by atoms with Gasteiger partial charge in [-0.3, -0.25) is 19.3 Å². The number of ether oxygens (including phenoxy) is 1. The lowest BCUT2D eigenvalue weighted by molar-refractivity contribution is -0.160. The number of nitrogens with one attached hydrogen (secondary N) is 1. The first-order valence-corrected chi connectivity index (χ1v) is 13.6. The molecule has 3 amide bonds. The molecule has 198 valence electrons. The molecule has 7 heteroatoms. The highest BCUT2D eigenvalue weighted by atomic mass is 16.5. The van der Waals surface area contributed by atoms with E-state index in [4.69, 9.17) is 4.74 Å². The minimum atomic E-state index is -1.06. The Morgan fingerprint density at radius 3 is 1.77 bits per heavy atom. The summed E-state index contributed by atoms with van der Waals surface area (Å²) in [5.74, 6) is -3.47. The van der Waals surface area contributed by atoms with Gasteiger partial charge in [-0.1, -0.05) is 86.5 Å². The van der Waals surface area contributed by atoms with Crippen LogP contribution in [0.4, 0.5) is 5.69 Å². The van der Waals surface area contributed by atoms with Gasteiger partial charge in [0.1, 0.15) is 6.04 Å². The van der Waals surface area contributed by atoms with Gasteiger partial charge in [0.25, 0.3) is 5.91 Å².